The van der Waals surface area contributed by atoms with E-state index >= 15 is 0 Å². The smallest absolute Gasteiger partial charge is 0.252 e. The molecule has 2 aliphatic heterocycles. The molecule has 0 radical (unpaired) electrons. The van der Waals surface area contributed by atoms with Crippen LogP contribution < -0.4 is 15.4 Å². The van der Waals surface area contributed by atoms with Gasteiger partial charge < -0.3 is 14.7 Å². The second-order valence-corrected chi connectivity index (χ2v) is 10.6. The molecule has 0 saturated carbocycles. The molecule has 0 unspecified atom stereocenters. The van der Waals surface area contributed by atoms with Crippen molar-refractivity contribution in [3.05, 3.63) is 52.4 Å². The number of amides is 1. The Labute approximate surface area is 202 Å². The molecule has 8 nitrogen and oxygen atoms in total. The monoisotopic (exact) mass is 466 g/mol. The zero-order valence-corrected chi connectivity index (χ0v) is 20.8. The van der Waals surface area contributed by atoms with E-state index in [4.69, 9.17) is 4.98 Å². The standard InChI is InChI=1S/C26H38N6O2/c1-26(2,3)19-24(34)31-10-7-11-32(17-16-31)25-27-21(18-23(33)28-25)20-29-12-14-30(15-13-29)22-8-5-4-6-9-22/h4-6,8-9,18H,7,10-17,19-20H2,1-3H3,(H,27,28,33). The molecule has 2 saturated heterocycles. The second kappa shape index (κ2) is 10.6. The molecule has 184 valence electrons. The highest BCUT2D eigenvalue weighted by Gasteiger charge is 2.25. The highest BCUT2D eigenvalue weighted by Crippen LogP contribution is 2.21. The zero-order valence-electron chi connectivity index (χ0n) is 20.8. The lowest BCUT2D eigenvalue weighted by Crippen LogP contribution is -2.46. The van der Waals surface area contributed by atoms with Crippen LogP contribution in [0.1, 0.15) is 39.3 Å². The molecular formula is C26H38N6O2. The quantitative estimate of drug-likeness (QED) is 0.730. The fraction of sp³-hybridized carbons (Fsp3) is 0.577. The summed E-state index contributed by atoms with van der Waals surface area (Å²) in [5.74, 6) is 0.828. The van der Waals surface area contributed by atoms with Crippen LogP contribution in [-0.4, -0.2) is 78.0 Å². The first-order chi connectivity index (χ1) is 16.3. The summed E-state index contributed by atoms with van der Waals surface area (Å²) in [5, 5.41) is 0. The highest BCUT2D eigenvalue weighted by atomic mass is 16.2. The van der Waals surface area contributed by atoms with Gasteiger partial charge in [0.2, 0.25) is 11.9 Å². The number of H-pyrrole nitrogens is 1. The normalized spacial score (nSPS) is 18.1. The summed E-state index contributed by atoms with van der Waals surface area (Å²) in [4.78, 5) is 41.7. The summed E-state index contributed by atoms with van der Waals surface area (Å²) in [6, 6.07) is 12.1. The summed E-state index contributed by atoms with van der Waals surface area (Å²) in [7, 11) is 0. The molecule has 2 aliphatic rings. The molecule has 1 amide bonds. The number of carbonyl (C=O) groups excluding carboxylic acids is 1. The molecule has 1 aromatic carbocycles. The maximum absolute atomic E-state index is 12.7. The number of piperazine rings is 1. The Hall–Kier alpha value is -2.87. The van der Waals surface area contributed by atoms with Crippen molar-refractivity contribution in [1.82, 2.24) is 19.8 Å². The third-order valence-corrected chi connectivity index (χ3v) is 6.49. The number of hydrogen-bond donors (Lipinski definition) is 1. The van der Waals surface area contributed by atoms with E-state index in [-0.39, 0.29) is 16.9 Å². The average molecular weight is 467 g/mol. The number of rotatable bonds is 5. The number of nitrogens with zero attached hydrogens (tertiary/aromatic N) is 5. The first-order valence-electron chi connectivity index (χ1n) is 12.4. The Morgan fingerprint density at radius 1 is 0.941 bits per heavy atom. The fourth-order valence-corrected chi connectivity index (χ4v) is 4.70. The lowest BCUT2D eigenvalue weighted by molar-refractivity contribution is -0.132. The third-order valence-electron chi connectivity index (χ3n) is 6.49. The lowest BCUT2D eigenvalue weighted by atomic mass is 9.91. The molecule has 34 heavy (non-hydrogen) atoms. The van der Waals surface area contributed by atoms with E-state index in [9.17, 15) is 9.59 Å². The SMILES string of the molecule is CC(C)(C)CC(=O)N1CCCN(c2nc(CN3CCN(c4ccccc4)CC3)cc(=O)[nH]2)CC1. The molecule has 2 fully saturated rings. The fourth-order valence-electron chi connectivity index (χ4n) is 4.70. The summed E-state index contributed by atoms with van der Waals surface area (Å²) in [5.41, 5.74) is 1.93. The maximum atomic E-state index is 12.7. The molecule has 0 bridgehead atoms. The Balaban J connectivity index is 1.35. The van der Waals surface area contributed by atoms with Crippen molar-refractivity contribution in [2.24, 2.45) is 5.41 Å². The van der Waals surface area contributed by atoms with Crippen molar-refractivity contribution in [3.63, 3.8) is 0 Å². The molecule has 8 heteroatoms. The van der Waals surface area contributed by atoms with Gasteiger partial charge in [-0.15, -0.1) is 0 Å². The van der Waals surface area contributed by atoms with Gasteiger partial charge in [-0.3, -0.25) is 19.5 Å². The summed E-state index contributed by atoms with van der Waals surface area (Å²) in [6.45, 7) is 13.6. The van der Waals surface area contributed by atoms with Crippen LogP contribution in [0.4, 0.5) is 11.6 Å². The van der Waals surface area contributed by atoms with Crippen molar-refractivity contribution in [2.45, 2.75) is 40.2 Å². The van der Waals surface area contributed by atoms with Crippen LogP contribution in [0.25, 0.3) is 0 Å². The zero-order chi connectivity index (χ0) is 24.1. The molecule has 0 aliphatic carbocycles. The van der Waals surface area contributed by atoms with E-state index in [1.165, 1.54) is 5.69 Å². The van der Waals surface area contributed by atoms with Crippen LogP contribution >= 0.6 is 0 Å². The van der Waals surface area contributed by atoms with Gasteiger partial charge in [-0.25, -0.2) is 4.98 Å². The Morgan fingerprint density at radius 3 is 2.35 bits per heavy atom. The summed E-state index contributed by atoms with van der Waals surface area (Å²) < 4.78 is 0. The average Bonchev–Trinajstić information content (AvgIpc) is 3.05. The predicted octanol–water partition coefficient (Wildman–Crippen LogP) is 2.57. The van der Waals surface area contributed by atoms with Crippen LogP contribution in [0.3, 0.4) is 0 Å². The predicted molar refractivity (Wildman–Crippen MR) is 136 cm³/mol. The topological polar surface area (TPSA) is 75.8 Å². The van der Waals surface area contributed by atoms with Crippen LogP contribution in [-0.2, 0) is 11.3 Å². The van der Waals surface area contributed by atoms with Gasteiger partial charge in [-0.2, -0.15) is 0 Å². The summed E-state index contributed by atoms with van der Waals surface area (Å²) in [6.07, 6.45) is 1.42. The van der Waals surface area contributed by atoms with Gasteiger partial charge in [-0.1, -0.05) is 39.0 Å². The molecule has 0 spiro atoms. The van der Waals surface area contributed by atoms with Crippen molar-refractivity contribution in [2.75, 3.05) is 62.2 Å². The number of benzene rings is 1. The molecule has 3 heterocycles. The molecule has 4 rings (SSSR count). The number of nitrogens with one attached hydrogen (secondary N) is 1. The van der Waals surface area contributed by atoms with E-state index in [1.54, 1.807) is 6.07 Å². The van der Waals surface area contributed by atoms with Gasteiger partial charge in [0.1, 0.15) is 0 Å². The Bertz CT molecular complexity index is 1010. The van der Waals surface area contributed by atoms with Gasteiger partial charge in [-0.05, 0) is 24.0 Å². The molecular weight excluding hydrogens is 428 g/mol. The van der Waals surface area contributed by atoms with Crippen LogP contribution in [0.15, 0.2) is 41.2 Å². The number of anilines is 2. The van der Waals surface area contributed by atoms with Gasteiger partial charge in [0.25, 0.3) is 5.56 Å². The van der Waals surface area contributed by atoms with E-state index in [0.717, 1.165) is 51.4 Å². The van der Waals surface area contributed by atoms with Crippen molar-refractivity contribution < 1.29 is 4.79 Å². The van der Waals surface area contributed by atoms with E-state index in [2.05, 4.69) is 64.7 Å². The van der Waals surface area contributed by atoms with Gasteiger partial charge in [0.15, 0.2) is 0 Å². The Kier molecular flexibility index (Phi) is 7.56. The highest BCUT2D eigenvalue weighted by molar-refractivity contribution is 5.77. The minimum atomic E-state index is -0.118. The van der Waals surface area contributed by atoms with Crippen LogP contribution in [0.2, 0.25) is 0 Å². The number of aromatic amines is 1. The second-order valence-electron chi connectivity index (χ2n) is 10.6. The molecule has 2 aromatic rings. The molecule has 0 atom stereocenters. The minimum absolute atomic E-state index is 0.0171. The van der Waals surface area contributed by atoms with Gasteiger partial charge >= 0.3 is 0 Å². The first kappa shape index (κ1) is 24.3. The Morgan fingerprint density at radius 2 is 1.65 bits per heavy atom. The molecule has 1 N–H and O–H groups in total. The van der Waals surface area contributed by atoms with Gasteiger partial charge in [0, 0.05) is 77.1 Å². The number of aromatic nitrogens is 2. The van der Waals surface area contributed by atoms with Gasteiger partial charge in [0.05, 0.1) is 5.69 Å². The van der Waals surface area contributed by atoms with Crippen LogP contribution in [0.5, 0.6) is 0 Å². The van der Waals surface area contributed by atoms with E-state index in [0.29, 0.717) is 32.0 Å². The van der Waals surface area contributed by atoms with Crippen LogP contribution in [0, 0.1) is 5.41 Å². The lowest BCUT2D eigenvalue weighted by Gasteiger charge is -2.36. The number of hydrogen-bond acceptors (Lipinski definition) is 6. The van der Waals surface area contributed by atoms with Crippen molar-refractivity contribution in [3.8, 4) is 0 Å². The maximum Gasteiger partial charge on any atom is 0.252 e. The summed E-state index contributed by atoms with van der Waals surface area (Å²) >= 11 is 0. The number of carbonyl (C=O) groups is 1. The number of para-hydroxylation sites is 1. The first-order valence-corrected chi connectivity index (χ1v) is 12.4. The minimum Gasteiger partial charge on any atom is -0.369 e. The van der Waals surface area contributed by atoms with E-state index in [1.807, 2.05) is 11.0 Å². The third kappa shape index (κ3) is 6.59. The largest absolute Gasteiger partial charge is 0.369 e. The van der Waals surface area contributed by atoms with Crippen molar-refractivity contribution >= 4 is 17.5 Å². The van der Waals surface area contributed by atoms with E-state index < -0.39 is 0 Å². The molecule has 1 aromatic heterocycles. The van der Waals surface area contributed by atoms with Crippen molar-refractivity contribution in [1.29, 1.82) is 0 Å².